The van der Waals surface area contributed by atoms with E-state index in [4.69, 9.17) is 4.74 Å². The molecule has 1 N–H and O–H groups in total. The molecule has 1 heterocycles. The lowest BCUT2D eigenvalue weighted by Crippen LogP contribution is -2.06. The van der Waals surface area contributed by atoms with Gasteiger partial charge in [-0.15, -0.1) is 0 Å². The van der Waals surface area contributed by atoms with Crippen LogP contribution < -0.4 is 10.1 Å². The topological polar surface area (TPSA) is 55.4 Å². The van der Waals surface area contributed by atoms with E-state index in [1.54, 1.807) is 6.07 Å². The first-order valence-electron chi connectivity index (χ1n) is 4.73. The maximum absolute atomic E-state index is 10.9. The zero-order chi connectivity index (χ0) is 10.8. The first-order chi connectivity index (χ1) is 7.20. The van der Waals surface area contributed by atoms with Gasteiger partial charge in [0.1, 0.15) is 5.75 Å². The molecule has 0 bridgehead atoms. The Morgan fingerprint density at radius 2 is 2.33 bits per heavy atom. The highest BCUT2D eigenvalue weighted by Gasteiger charge is 2.17. The fourth-order valence-corrected chi connectivity index (χ4v) is 1.70. The average Bonchev–Trinajstić information content (AvgIpc) is 2.63. The van der Waals surface area contributed by atoms with Gasteiger partial charge in [-0.25, -0.2) is 0 Å². The van der Waals surface area contributed by atoms with Crippen LogP contribution in [0.1, 0.15) is 22.8 Å². The summed E-state index contributed by atoms with van der Waals surface area (Å²) < 4.78 is 5.34. The average molecular weight is 205 g/mol. The molecule has 0 aromatic heterocycles. The molecule has 78 valence electrons. The Kier molecular flexibility index (Phi) is 2.41. The maximum atomic E-state index is 10.9. The summed E-state index contributed by atoms with van der Waals surface area (Å²) >= 11 is 0. The van der Waals surface area contributed by atoms with E-state index in [2.05, 4.69) is 5.32 Å². The van der Waals surface area contributed by atoms with Crippen molar-refractivity contribution in [1.29, 1.82) is 0 Å². The van der Waals surface area contributed by atoms with Gasteiger partial charge in [-0.3, -0.25) is 9.59 Å². The third-order valence-electron chi connectivity index (χ3n) is 2.26. The smallest absolute Gasteiger partial charge is 0.221 e. The molecule has 0 unspecified atom stereocenters. The number of fused-ring (bicyclic) bond motifs is 1. The van der Waals surface area contributed by atoms with Crippen LogP contribution in [0.25, 0.3) is 0 Å². The van der Waals surface area contributed by atoms with Crippen LogP contribution in [0.15, 0.2) is 12.1 Å². The van der Waals surface area contributed by atoms with E-state index in [-0.39, 0.29) is 5.91 Å². The van der Waals surface area contributed by atoms with E-state index in [0.717, 1.165) is 18.3 Å². The van der Waals surface area contributed by atoms with Crippen LogP contribution in [-0.2, 0) is 11.2 Å². The van der Waals surface area contributed by atoms with Crippen molar-refractivity contribution in [3.8, 4) is 5.75 Å². The van der Waals surface area contributed by atoms with Gasteiger partial charge in [0.15, 0.2) is 6.29 Å². The molecule has 1 aromatic carbocycles. The summed E-state index contributed by atoms with van der Waals surface area (Å²) in [6.07, 6.45) is 1.53. The van der Waals surface area contributed by atoms with Crippen LogP contribution in [0.5, 0.6) is 5.75 Å². The SMILES string of the molecule is CC(=O)Nc1cc(C=O)c2c(c1)CCO2. The number of nitrogens with one attached hydrogen (secondary N) is 1. The summed E-state index contributed by atoms with van der Waals surface area (Å²) in [6.45, 7) is 2.03. The number of benzene rings is 1. The summed E-state index contributed by atoms with van der Waals surface area (Å²) in [5.41, 5.74) is 2.12. The van der Waals surface area contributed by atoms with Gasteiger partial charge < -0.3 is 10.1 Å². The maximum Gasteiger partial charge on any atom is 0.221 e. The van der Waals surface area contributed by atoms with Gasteiger partial charge in [-0.2, -0.15) is 0 Å². The zero-order valence-electron chi connectivity index (χ0n) is 8.37. The number of amides is 1. The van der Waals surface area contributed by atoms with E-state index in [1.165, 1.54) is 6.92 Å². The molecule has 15 heavy (non-hydrogen) atoms. The summed E-state index contributed by atoms with van der Waals surface area (Å²) in [4.78, 5) is 21.7. The molecule has 1 amide bonds. The molecule has 2 rings (SSSR count). The number of anilines is 1. The molecule has 1 aromatic rings. The molecule has 0 saturated heterocycles. The third-order valence-corrected chi connectivity index (χ3v) is 2.26. The summed E-state index contributed by atoms with van der Waals surface area (Å²) in [6, 6.07) is 3.47. The minimum Gasteiger partial charge on any atom is -0.492 e. The van der Waals surface area contributed by atoms with E-state index in [0.29, 0.717) is 23.6 Å². The van der Waals surface area contributed by atoms with Crippen molar-refractivity contribution >= 4 is 17.9 Å². The lowest BCUT2D eigenvalue weighted by atomic mass is 10.1. The fraction of sp³-hybridized carbons (Fsp3) is 0.273. The predicted octanol–water partition coefficient (Wildman–Crippen LogP) is 1.39. The minimum absolute atomic E-state index is 0.147. The van der Waals surface area contributed by atoms with Crippen molar-refractivity contribution < 1.29 is 14.3 Å². The molecule has 1 aliphatic heterocycles. The van der Waals surface area contributed by atoms with E-state index in [9.17, 15) is 9.59 Å². The van der Waals surface area contributed by atoms with Crippen molar-refractivity contribution in [2.24, 2.45) is 0 Å². The molecule has 0 fully saturated rings. The van der Waals surface area contributed by atoms with Gasteiger partial charge in [-0.05, 0) is 12.1 Å². The van der Waals surface area contributed by atoms with Crippen LogP contribution in [0.2, 0.25) is 0 Å². The van der Waals surface area contributed by atoms with Crippen LogP contribution in [0.4, 0.5) is 5.69 Å². The monoisotopic (exact) mass is 205 g/mol. The number of hydrogen-bond acceptors (Lipinski definition) is 3. The van der Waals surface area contributed by atoms with Crippen molar-refractivity contribution in [2.45, 2.75) is 13.3 Å². The number of ether oxygens (including phenoxy) is 1. The molecule has 0 aliphatic carbocycles. The predicted molar refractivity (Wildman–Crippen MR) is 55.3 cm³/mol. The van der Waals surface area contributed by atoms with Crippen molar-refractivity contribution in [3.05, 3.63) is 23.3 Å². The first-order valence-corrected chi connectivity index (χ1v) is 4.73. The second kappa shape index (κ2) is 3.73. The molecular formula is C11H11NO3. The Bertz CT molecular complexity index is 426. The molecule has 0 saturated carbocycles. The van der Waals surface area contributed by atoms with E-state index < -0.39 is 0 Å². The normalized spacial score (nSPS) is 12.9. The van der Waals surface area contributed by atoms with Crippen LogP contribution in [-0.4, -0.2) is 18.8 Å². The van der Waals surface area contributed by atoms with Crippen LogP contribution in [0.3, 0.4) is 0 Å². The summed E-state index contributed by atoms with van der Waals surface area (Å²) in [7, 11) is 0. The number of carbonyl (C=O) groups is 2. The number of hydrogen-bond donors (Lipinski definition) is 1. The molecule has 4 nitrogen and oxygen atoms in total. The van der Waals surface area contributed by atoms with Gasteiger partial charge in [0, 0.05) is 24.6 Å². The Morgan fingerprint density at radius 3 is 3.00 bits per heavy atom. The highest BCUT2D eigenvalue weighted by molar-refractivity contribution is 5.91. The van der Waals surface area contributed by atoms with E-state index in [1.807, 2.05) is 6.07 Å². The first kappa shape index (κ1) is 9.71. The Labute approximate surface area is 87.2 Å². The third kappa shape index (κ3) is 1.83. The second-order valence-corrected chi connectivity index (χ2v) is 3.45. The largest absolute Gasteiger partial charge is 0.492 e. The van der Waals surface area contributed by atoms with Crippen molar-refractivity contribution in [3.63, 3.8) is 0 Å². The van der Waals surface area contributed by atoms with Gasteiger partial charge in [0.05, 0.1) is 12.2 Å². The number of aldehydes is 1. The van der Waals surface area contributed by atoms with Gasteiger partial charge in [-0.1, -0.05) is 0 Å². The zero-order valence-corrected chi connectivity index (χ0v) is 8.37. The molecule has 0 radical (unpaired) electrons. The fourth-order valence-electron chi connectivity index (χ4n) is 1.70. The molecule has 1 aliphatic rings. The number of rotatable bonds is 2. The minimum atomic E-state index is -0.147. The van der Waals surface area contributed by atoms with Crippen molar-refractivity contribution in [2.75, 3.05) is 11.9 Å². The van der Waals surface area contributed by atoms with Gasteiger partial charge in [0.2, 0.25) is 5.91 Å². The Balaban J connectivity index is 2.43. The van der Waals surface area contributed by atoms with Gasteiger partial charge in [0.25, 0.3) is 0 Å². The summed E-state index contributed by atoms with van der Waals surface area (Å²) in [5.74, 6) is 0.504. The lowest BCUT2D eigenvalue weighted by Gasteiger charge is -2.07. The molecular weight excluding hydrogens is 194 g/mol. The standard InChI is InChI=1S/C11H11NO3/c1-7(14)12-10-4-8-2-3-15-11(8)9(5-10)6-13/h4-6H,2-3H2,1H3,(H,12,14). The molecule has 4 heteroatoms. The number of carbonyl (C=O) groups excluding carboxylic acids is 2. The van der Waals surface area contributed by atoms with Crippen LogP contribution in [0, 0.1) is 0 Å². The molecule has 0 spiro atoms. The highest BCUT2D eigenvalue weighted by Crippen LogP contribution is 2.31. The second-order valence-electron chi connectivity index (χ2n) is 3.45. The summed E-state index contributed by atoms with van der Waals surface area (Å²) in [5, 5.41) is 2.66. The highest BCUT2D eigenvalue weighted by atomic mass is 16.5. The quantitative estimate of drug-likeness (QED) is 0.742. The Morgan fingerprint density at radius 1 is 1.53 bits per heavy atom. The Hall–Kier alpha value is -1.84. The van der Waals surface area contributed by atoms with Gasteiger partial charge >= 0.3 is 0 Å². The van der Waals surface area contributed by atoms with Crippen molar-refractivity contribution in [1.82, 2.24) is 0 Å². The molecule has 0 atom stereocenters. The van der Waals surface area contributed by atoms with Crippen LogP contribution >= 0.6 is 0 Å². The van der Waals surface area contributed by atoms with E-state index >= 15 is 0 Å². The lowest BCUT2D eigenvalue weighted by molar-refractivity contribution is -0.114.